The number of benzene rings is 2. The van der Waals surface area contributed by atoms with Gasteiger partial charge in [0.2, 0.25) is 0 Å². The van der Waals surface area contributed by atoms with Crippen LogP contribution in [-0.4, -0.2) is 55.5 Å². The number of ether oxygens (including phenoxy) is 2. The Morgan fingerprint density at radius 1 is 0.909 bits per heavy atom. The van der Waals surface area contributed by atoms with Gasteiger partial charge in [-0.1, -0.05) is 18.2 Å². The molecule has 11 nitrogen and oxygen atoms in total. The van der Waals surface area contributed by atoms with Crippen LogP contribution in [0.5, 0.6) is 0 Å². The summed E-state index contributed by atoms with van der Waals surface area (Å²) in [7, 11) is 0. The molecule has 2 aromatic carbocycles. The number of nitrogens with zero attached hydrogens (tertiary/aromatic N) is 3. The van der Waals surface area contributed by atoms with Crippen LogP contribution in [0.3, 0.4) is 0 Å². The van der Waals surface area contributed by atoms with Crippen molar-refractivity contribution >= 4 is 56.9 Å². The van der Waals surface area contributed by atoms with E-state index >= 15 is 0 Å². The minimum absolute atomic E-state index is 0.240. The van der Waals surface area contributed by atoms with Crippen LogP contribution in [-0.2, 0) is 14.3 Å². The van der Waals surface area contributed by atoms with E-state index in [1.807, 2.05) is 45.0 Å². The van der Waals surface area contributed by atoms with Gasteiger partial charge in [-0.05, 0) is 97.3 Å². The standard InChI is InChI=1S/C32H38N6O5S/c1-18-25(29(44-38-18)36-24-17-33-22-14-9-10-15-23(22)35-24)28(40)34-21-13-11-12-20(16-21)27(39)37-26(19(2)42-31(3,4)5)30(41)43-32(6,7)8/h9-17,19,26H,1-8H3,(H,34,40)(H,35,36)(H,37,39). The van der Waals surface area contributed by atoms with Crippen LogP contribution in [0.2, 0.25) is 0 Å². The van der Waals surface area contributed by atoms with E-state index in [4.69, 9.17) is 9.47 Å². The fourth-order valence-electron chi connectivity index (χ4n) is 4.37. The number of para-hydroxylation sites is 2. The van der Waals surface area contributed by atoms with Crippen molar-refractivity contribution in [3.05, 3.63) is 71.5 Å². The highest BCUT2D eigenvalue weighted by atomic mass is 32.1. The van der Waals surface area contributed by atoms with Crippen molar-refractivity contribution in [2.45, 2.75) is 78.7 Å². The molecule has 0 saturated heterocycles. The molecule has 232 valence electrons. The predicted octanol–water partition coefficient (Wildman–Crippen LogP) is 6.03. The normalized spacial score (nSPS) is 13.2. The first-order valence-electron chi connectivity index (χ1n) is 14.2. The quantitative estimate of drug-likeness (QED) is 0.191. The van der Waals surface area contributed by atoms with E-state index in [2.05, 4.69) is 30.3 Å². The average molecular weight is 619 g/mol. The molecule has 0 fully saturated rings. The number of carbonyl (C=O) groups excluding carboxylic acids is 3. The van der Waals surface area contributed by atoms with Crippen molar-refractivity contribution in [1.29, 1.82) is 0 Å². The van der Waals surface area contributed by atoms with Gasteiger partial charge in [0.25, 0.3) is 11.8 Å². The largest absolute Gasteiger partial charge is 0.458 e. The minimum atomic E-state index is -1.06. The molecule has 12 heteroatoms. The van der Waals surface area contributed by atoms with E-state index in [0.29, 0.717) is 33.3 Å². The monoisotopic (exact) mass is 618 g/mol. The Bertz CT molecular complexity index is 1670. The number of esters is 1. The summed E-state index contributed by atoms with van der Waals surface area (Å²) in [5.41, 5.74) is 1.67. The summed E-state index contributed by atoms with van der Waals surface area (Å²) in [6.45, 7) is 14.3. The second-order valence-electron chi connectivity index (χ2n) is 12.3. The molecule has 0 spiro atoms. The third-order valence-electron chi connectivity index (χ3n) is 6.12. The second kappa shape index (κ2) is 13.1. The first kappa shape index (κ1) is 32.5. The van der Waals surface area contributed by atoms with Crippen molar-refractivity contribution in [2.75, 3.05) is 10.6 Å². The highest BCUT2D eigenvalue weighted by Gasteiger charge is 2.34. The number of hydrogen-bond acceptors (Lipinski definition) is 10. The summed E-state index contributed by atoms with van der Waals surface area (Å²) in [4.78, 5) is 48.8. The summed E-state index contributed by atoms with van der Waals surface area (Å²) in [5, 5.41) is 9.28. The number of rotatable bonds is 9. The molecule has 0 aliphatic carbocycles. The molecular formula is C32H38N6O5S. The van der Waals surface area contributed by atoms with Gasteiger partial charge in [-0.2, -0.15) is 4.37 Å². The van der Waals surface area contributed by atoms with Crippen LogP contribution >= 0.6 is 11.5 Å². The van der Waals surface area contributed by atoms with Crippen molar-refractivity contribution < 1.29 is 23.9 Å². The topological polar surface area (TPSA) is 144 Å². The molecule has 2 atom stereocenters. The maximum atomic E-state index is 13.4. The van der Waals surface area contributed by atoms with Gasteiger partial charge in [-0.3, -0.25) is 14.6 Å². The first-order valence-corrected chi connectivity index (χ1v) is 14.9. The van der Waals surface area contributed by atoms with Gasteiger partial charge in [0, 0.05) is 11.3 Å². The zero-order valence-electron chi connectivity index (χ0n) is 26.1. The first-order chi connectivity index (χ1) is 20.6. The third kappa shape index (κ3) is 8.57. The molecule has 0 aliphatic heterocycles. The van der Waals surface area contributed by atoms with Crippen LogP contribution in [0.15, 0.2) is 54.7 Å². The zero-order valence-corrected chi connectivity index (χ0v) is 27.0. The Morgan fingerprint density at radius 2 is 1.61 bits per heavy atom. The van der Waals surface area contributed by atoms with Gasteiger partial charge in [-0.15, -0.1) is 0 Å². The summed E-state index contributed by atoms with van der Waals surface area (Å²) in [5.74, 6) is -1.07. The summed E-state index contributed by atoms with van der Waals surface area (Å²) < 4.78 is 15.9. The van der Waals surface area contributed by atoms with Gasteiger partial charge < -0.3 is 25.4 Å². The summed E-state index contributed by atoms with van der Waals surface area (Å²) in [6, 6.07) is 12.9. The van der Waals surface area contributed by atoms with Crippen molar-refractivity contribution in [3.63, 3.8) is 0 Å². The van der Waals surface area contributed by atoms with Gasteiger partial charge in [0.05, 0.1) is 40.2 Å². The van der Waals surface area contributed by atoms with E-state index in [1.165, 1.54) is 6.07 Å². The van der Waals surface area contributed by atoms with Crippen LogP contribution in [0, 0.1) is 6.92 Å². The van der Waals surface area contributed by atoms with Gasteiger partial charge in [0.1, 0.15) is 16.4 Å². The highest BCUT2D eigenvalue weighted by molar-refractivity contribution is 7.10. The number of amides is 2. The molecule has 4 aromatic rings. The average Bonchev–Trinajstić information content (AvgIpc) is 3.29. The Labute approximate surface area is 261 Å². The second-order valence-corrected chi connectivity index (χ2v) is 13.1. The lowest BCUT2D eigenvalue weighted by Gasteiger charge is -2.32. The lowest BCUT2D eigenvalue weighted by atomic mass is 10.1. The highest BCUT2D eigenvalue weighted by Crippen LogP contribution is 2.29. The number of hydrogen-bond donors (Lipinski definition) is 3. The molecule has 2 heterocycles. The maximum absolute atomic E-state index is 13.4. The van der Waals surface area contributed by atoms with Crippen molar-refractivity contribution in [3.8, 4) is 0 Å². The van der Waals surface area contributed by atoms with E-state index in [1.54, 1.807) is 59.0 Å². The van der Waals surface area contributed by atoms with E-state index in [0.717, 1.165) is 17.0 Å². The fourth-order valence-corrected chi connectivity index (χ4v) is 5.17. The van der Waals surface area contributed by atoms with Gasteiger partial charge in [0.15, 0.2) is 6.04 Å². The van der Waals surface area contributed by atoms with Crippen LogP contribution < -0.4 is 16.0 Å². The zero-order chi connectivity index (χ0) is 32.2. The molecule has 2 unspecified atom stereocenters. The molecule has 2 aromatic heterocycles. The van der Waals surface area contributed by atoms with Crippen LogP contribution in [0.1, 0.15) is 74.9 Å². The number of nitrogens with one attached hydrogen (secondary N) is 3. The Morgan fingerprint density at radius 3 is 2.30 bits per heavy atom. The van der Waals surface area contributed by atoms with Crippen molar-refractivity contribution in [1.82, 2.24) is 19.7 Å². The number of aromatic nitrogens is 3. The Hall–Kier alpha value is -4.42. The number of fused-ring (bicyclic) bond motifs is 1. The SMILES string of the molecule is Cc1nsc(Nc2cnc3ccccc3n2)c1C(=O)Nc1cccc(C(=O)NC(C(=O)OC(C)(C)C)C(C)OC(C)(C)C)c1. The molecular weight excluding hydrogens is 580 g/mol. The number of aryl methyl sites for hydroxylation is 1. The van der Waals surface area contributed by atoms with Gasteiger partial charge >= 0.3 is 5.97 Å². The smallest absolute Gasteiger partial charge is 0.331 e. The maximum Gasteiger partial charge on any atom is 0.331 e. The molecule has 0 saturated carbocycles. The lowest BCUT2D eigenvalue weighted by molar-refractivity contribution is -0.164. The van der Waals surface area contributed by atoms with Crippen molar-refractivity contribution in [2.24, 2.45) is 0 Å². The fraction of sp³-hybridized carbons (Fsp3) is 0.375. The number of carbonyl (C=O) groups is 3. The molecule has 4 rings (SSSR count). The minimum Gasteiger partial charge on any atom is -0.458 e. The summed E-state index contributed by atoms with van der Waals surface area (Å²) >= 11 is 1.13. The molecule has 0 aliphatic rings. The predicted molar refractivity (Wildman–Crippen MR) is 171 cm³/mol. The number of anilines is 3. The third-order valence-corrected chi connectivity index (χ3v) is 6.97. The Balaban J connectivity index is 1.51. The van der Waals surface area contributed by atoms with Gasteiger partial charge in [-0.25, -0.2) is 9.78 Å². The van der Waals surface area contributed by atoms with Crippen LogP contribution in [0.4, 0.5) is 16.5 Å². The lowest BCUT2D eigenvalue weighted by Crippen LogP contribution is -2.52. The summed E-state index contributed by atoms with van der Waals surface area (Å²) in [6.07, 6.45) is 0.919. The molecule has 0 radical (unpaired) electrons. The van der Waals surface area contributed by atoms with E-state index in [9.17, 15) is 14.4 Å². The molecule has 0 bridgehead atoms. The molecule has 3 N–H and O–H groups in total. The van der Waals surface area contributed by atoms with E-state index in [-0.39, 0.29) is 5.56 Å². The molecule has 44 heavy (non-hydrogen) atoms. The van der Waals surface area contributed by atoms with Crippen LogP contribution in [0.25, 0.3) is 11.0 Å². The van der Waals surface area contributed by atoms with E-state index < -0.39 is 41.1 Å². The Kier molecular flexibility index (Phi) is 9.65. The molecule has 2 amide bonds.